The lowest BCUT2D eigenvalue weighted by Gasteiger charge is -2.13. The van der Waals surface area contributed by atoms with E-state index in [2.05, 4.69) is 0 Å². The lowest BCUT2D eigenvalue weighted by molar-refractivity contribution is -0.135. The fourth-order valence-electron chi connectivity index (χ4n) is 0.999. The highest BCUT2D eigenvalue weighted by molar-refractivity contribution is 8.52. The zero-order chi connectivity index (χ0) is 12.1. The van der Waals surface area contributed by atoms with E-state index >= 15 is 0 Å². The zero-order valence-electron chi connectivity index (χ0n) is 8.94. The topological polar surface area (TPSA) is 89.2 Å². The predicted octanol–water partition coefficient (Wildman–Crippen LogP) is 1.14. The number of hydrogen-bond donors (Lipinski definition) is 1. The molecule has 0 spiro atoms. The molecule has 0 unspecified atom stereocenters. The maximum atomic E-state index is 11.5. The van der Waals surface area contributed by atoms with E-state index in [1.165, 1.54) is 11.4 Å². The molecule has 10 heteroatoms. The predicted molar refractivity (Wildman–Crippen MR) is 64.2 cm³/mol. The van der Waals surface area contributed by atoms with Gasteiger partial charge in [-0.15, -0.1) is 0 Å². The maximum absolute atomic E-state index is 11.5. The molecule has 17 heavy (non-hydrogen) atoms. The van der Waals surface area contributed by atoms with E-state index in [-0.39, 0.29) is 0 Å². The first kappa shape index (κ1) is 13.9. The van der Waals surface area contributed by atoms with Gasteiger partial charge in [0.2, 0.25) is 7.58 Å². The maximum Gasteiger partial charge on any atom is 0.399 e. The van der Waals surface area contributed by atoms with Gasteiger partial charge in [-0.1, -0.05) is 11.4 Å². The number of hydrogen-bond acceptors (Lipinski definition) is 8. The van der Waals surface area contributed by atoms with Crippen molar-refractivity contribution in [3.63, 3.8) is 0 Å². The molecule has 2 aliphatic heterocycles. The Kier molecular flexibility index (Phi) is 5.86. The first-order valence-electron chi connectivity index (χ1n) is 4.98. The number of carbonyl (C=O) groups excluding carboxylic acids is 1. The van der Waals surface area contributed by atoms with Crippen molar-refractivity contribution in [3.05, 3.63) is 0 Å². The molecular weight excluding hydrogens is 288 g/mol. The Morgan fingerprint density at radius 2 is 1.82 bits per heavy atom. The van der Waals surface area contributed by atoms with Gasteiger partial charge in [-0.3, -0.25) is 13.8 Å². The van der Waals surface area contributed by atoms with Crippen LogP contribution in [-0.2, 0) is 27.4 Å². The van der Waals surface area contributed by atoms with Gasteiger partial charge in [0.05, 0.1) is 26.4 Å². The van der Waals surface area contributed by atoms with Crippen LogP contribution in [0.25, 0.3) is 0 Å². The summed E-state index contributed by atoms with van der Waals surface area (Å²) in [5.41, 5.74) is 5.68. The third-order valence-corrected chi connectivity index (χ3v) is 6.11. The van der Waals surface area contributed by atoms with Gasteiger partial charge in [0.1, 0.15) is 6.04 Å². The Balaban J connectivity index is 1.63. The number of nitrogens with two attached hydrogens (primary N) is 1. The zero-order valence-corrected chi connectivity index (χ0v) is 11.5. The van der Waals surface area contributed by atoms with Gasteiger partial charge in [0.15, 0.2) is 0 Å². The van der Waals surface area contributed by atoms with E-state index < -0.39 is 28.2 Å². The van der Waals surface area contributed by atoms with Crippen LogP contribution < -0.4 is 5.73 Å². The van der Waals surface area contributed by atoms with E-state index in [0.717, 1.165) is 0 Å². The second-order valence-corrected chi connectivity index (χ2v) is 7.46. The van der Waals surface area contributed by atoms with Crippen LogP contribution in [0.1, 0.15) is 0 Å². The summed E-state index contributed by atoms with van der Waals surface area (Å²) < 4.78 is 25.6. The van der Waals surface area contributed by atoms with Crippen LogP contribution in [0.2, 0.25) is 0 Å². The number of carbonyl (C=O) groups is 1. The molecule has 7 nitrogen and oxygen atoms in total. The SMILES string of the molecule is N[C@@H](CSP1OCCO1)C(=O)OP1OCCO1. The summed E-state index contributed by atoms with van der Waals surface area (Å²) in [7, 11) is -2.48. The quantitative estimate of drug-likeness (QED) is 0.756. The minimum Gasteiger partial charge on any atom is -0.393 e. The second-order valence-electron chi connectivity index (χ2n) is 3.09. The fraction of sp³-hybridized carbons (Fsp3) is 0.857. The fourth-order valence-corrected chi connectivity index (χ4v) is 4.74. The van der Waals surface area contributed by atoms with Crippen LogP contribution in [0.15, 0.2) is 0 Å². The molecule has 98 valence electrons. The summed E-state index contributed by atoms with van der Waals surface area (Å²) in [5.74, 6) is -0.118. The molecule has 0 aliphatic carbocycles. The van der Waals surface area contributed by atoms with Crippen molar-refractivity contribution < 1.29 is 27.4 Å². The molecule has 2 rings (SSSR count). The van der Waals surface area contributed by atoms with E-state index in [4.69, 9.17) is 28.4 Å². The normalized spacial score (nSPS) is 24.1. The van der Waals surface area contributed by atoms with Gasteiger partial charge in [-0.05, 0) is 0 Å². The molecule has 0 radical (unpaired) electrons. The Hall–Kier alpha value is 0.480. The molecule has 0 aromatic heterocycles. The monoisotopic (exact) mass is 301 g/mol. The smallest absolute Gasteiger partial charge is 0.393 e. The molecule has 1 atom stereocenters. The van der Waals surface area contributed by atoms with Gasteiger partial charge < -0.3 is 19.3 Å². The third-order valence-electron chi connectivity index (χ3n) is 1.78. The van der Waals surface area contributed by atoms with Crippen molar-refractivity contribution in [2.45, 2.75) is 6.04 Å². The van der Waals surface area contributed by atoms with Crippen molar-refractivity contribution in [2.24, 2.45) is 5.73 Å². The van der Waals surface area contributed by atoms with E-state index in [1.54, 1.807) is 0 Å². The molecule has 2 aliphatic rings. The highest BCUT2D eigenvalue weighted by Crippen LogP contribution is 2.54. The van der Waals surface area contributed by atoms with Crippen LogP contribution in [0.4, 0.5) is 0 Å². The Labute approximate surface area is 105 Å². The van der Waals surface area contributed by atoms with Crippen molar-refractivity contribution in [1.82, 2.24) is 0 Å². The van der Waals surface area contributed by atoms with E-state index in [9.17, 15) is 4.79 Å². The molecule has 0 bridgehead atoms. The third kappa shape index (κ3) is 4.58. The standard InChI is InChI=1S/C7H13NO6P2S/c8-6(5-17-16-12-3-4-13-16)7(9)14-15-10-1-2-11-15/h6H,1-5,8H2/t6-/m0/s1. The van der Waals surface area contributed by atoms with Crippen LogP contribution in [-0.4, -0.2) is 44.2 Å². The summed E-state index contributed by atoms with van der Waals surface area (Å²) in [6.07, 6.45) is 0. The van der Waals surface area contributed by atoms with Crippen LogP contribution in [0.3, 0.4) is 0 Å². The molecule has 0 aromatic rings. The molecule has 0 amide bonds. The number of rotatable bonds is 5. The summed E-state index contributed by atoms with van der Waals surface area (Å²) in [5, 5.41) is 0. The molecule has 2 fully saturated rings. The van der Waals surface area contributed by atoms with Gasteiger partial charge >= 0.3 is 14.6 Å². The molecule has 0 saturated carbocycles. The van der Waals surface area contributed by atoms with Gasteiger partial charge in [-0.2, -0.15) is 0 Å². The summed E-state index contributed by atoms with van der Waals surface area (Å²) >= 11 is 1.40. The molecule has 2 heterocycles. The van der Waals surface area contributed by atoms with E-state index in [1.807, 2.05) is 0 Å². The summed E-state index contributed by atoms with van der Waals surface area (Å²) in [6.45, 7) is 2.11. The first-order chi connectivity index (χ1) is 8.25. The molecular formula is C7H13NO6P2S. The minimum atomic E-state index is -1.53. The Morgan fingerprint density at radius 3 is 2.47 bits per heavy atom. The molecule has 2 N–H and O–H groups in total. The second kappa shape index (κ2) is 7.16. The highest BCUT2D eigenvalue weighted by atomic mass is 32.7. The van der Waals surface area contributed by atoms with Gasteiger partial charge in [0, 0.05) is 5.75 Å². The lowest BCUT2D eigenvalue weighted by atomic mass is 10.4. The Bertz CT molecular complexity index is 261. The average molecular weight is 301 g/mol. The van der Waals surface area contributed by atoms with Crippen molar-refractivity contribution in [3.8, 4) is 0 Å². The van der Waals surface area contributed by atoms with Crippen LogP contribution in [0, 0.1) is 0 Å². The summed E-state index contributed by atoms with van der Waals surface area (Å²) in [6, 6.07) is -0.717. The first-order valence-corrected chi connectivity index (χ1v) is 8.84. The molecule has 2 saturated heterocycles. The van der Waals surface area contributed by atoms with Gasteiger partial charge in [-0.25, -0.2) is 0 Å². The largest absolute Gasteiger partial charge is 0.399 e. The van der Waals surface area contributed by atoms with Crippen molar-refractivity contribution >= 4 is 33.5 Å². The van der Waals surface area contributed by atoms with E-state index in [0.29, 0.717) is 32.2 Å². The Morgan fingerprint density at radius 1 is 1.24 bits per heavy atom. The van der Waals surface area contributed by atoms with Crippen molar-refractivity contribution in [1.29, 1.82) is 0 Å². The molecule has 0 aromatic carbocycles. The van der Waals surface area contributed by atoms with Crippen LogP contribution in [0.5, 0.6) is 0 Å². The van der Waals surface area contributed by atoms with Crippen molar-refractivity contribution in [2.75, 3.05) is 32.2 Å². The minimum absolute atomic E-state index is 0.397. The lowest BCUT2D eigenvalue weighted by Crippen LogP contribution is -2.33. The van der Waals surface area contributed by atoms with Crippen LogP contribution >= 0.6 is 27.6 Å². The van der Waals surface area contributed by atoms with Gasteiger partial charge in [0.25, 0.3) is 0 Å². The highest BCUT2D eigenvalue weighted by Gasteiger charge is 2.28. The summed E-state index contributed by atoms with van der Waals surface area (Å²) in [4.78, 5) is 11.5. The average Bonchev–Trinajstić information content (AvgIpc) is 2.98.